The predicted molar refractivity (Wildman–Crippen MR) is 85.4 cm³/mol. The maximum atomic E-state index is 11.7. The molecule has 110 valence electrons. The zero-order chi connectivity index (χ0) is 15.0. The van der Waals surface area contributed by atoms with Crippen LogP contribution in [0.3, 0.4) is 0 Å². The Hall–Kier alpha value is -1.20. The van der Waals surface area contributed by atoms with Crippen molar-refractivity contribution in [1.82, 2.24) is 5.32 Å². The third kappa shape index (κ3) is 6.30. The van der Waals surface area contributed by atoms with Gasteiger partial charge in [-0.1, -0.05) is 18.5 Å². The van der Waals surface area contributed by atoms with Crippen LogP contribution in [0.4, 0.5) is 5.69 Å². The largest absolute Gasteiger partial charge is 0.355 e. The second kappa shape index (κ2) is 8.87. The zero-order valence-electron chi connectivity index (χ0n) is 11.7. The lowest BCUT2D eigenvalue weighted by Crippen LogP contribution is -2.26. The lowest BCUT2D eigenvalue weighted by molar-refractivity contribution is -0.118. The van der Waals surface area contributed by atoms with Gasteiger partial charge in [0.2, 0.25) is 11.8 Å². The van der Waals surface area contributed by atoms with Gasteiger partial charge < -0.3 is 10.6 Å². The van der Waals surface area contributed by atoms with Crippen LogP contribution in [-0.2, 0) is 9.59 Å². The summed E-state index contributed by atoms with van der Waals surface area (Å²) in [6.45, 7) is 4.55. The monoisotopic (exact) mass is 314 g/mol. The van der Waals surface area contributed by atoms with Crippen molar-refractivity contribution in [2.75, 3.05) is 23.4 Å². The third-order valence-electron chi connectivity index (χ3n) is 2.50. The van der Waals surface area contributed by atoms with Gasteiger partial charge in [0.15, 0.2) is 0 Å². The fraction of sp³-hybridized carbons (Fsp3) is 0.429. The molecule has 0 saturated heterocycles. The number of halogens is 1. The van der Waals surface area contributed by atoms with E-state index >= 15 is 0 Å². The molecular weight excluding hydrogens is 296 g/mol. The van der Waals surface area contributed by atoms with Crippen molar-refractivity contribution in [3.63, 3.8) is 0 Å². The van der Waals surface area contributed by atoms with Gasteiger partial charge in [0, 0.05) is 17.3 Å². The molecule has 0 saturated carbocycles. The van der Waals surface area contributed by atoms with Crippen molar-refractivity contribution in [2.24, 2.45) is 0 Å². The Bertz CT molecular complexity index is 480. The summed E-state index contributed by atoms with van der Waals surface area (Å²) >= 11 is 7.15. The molecule has 2 N–H and O–H groups in total. The van der Waals surface area contributed by atoms with Crippen LogP contribution in [0.5, 0.6) is 0 Å². The Balaban J connectivity index is 2.31. The van der Waals surface area contributed by atoms with Gasteiger partial charge in [0.05, 0.1) is 11.5 Å². The van der Waals surface area contributed by atoms with E-state index in [-0.39, 0.29) is 17.6 Å². The Morgan fingerprint density at radius 2 is 1.95 bits per heavy atom. The van der Waals surface area contributed by atoms with Gasteiger partial charge in [0.1, 0.15) is 0 Å². The second-order valence-corrected chi connectivity index (χ2v) is 5.77. The highest BCUT2D eigenvalue weighted by molar-refractivity contribution is 8.00. The van der Waals surface area contributed by atoms with Crippen molar-refractivity contribution in [3.05, 3.63) is 28.8 Å². The van der Waals surface area contributed by atoms with Crippen LogP contribution < -0.4 is 10.6 Å². The van der Waals surface area contributed by atoms with Gasteiger partial charge >= 0.3 is 0 Å². The highest BCUT2D eigenvalue weighted by atomic mass is 35.5. The van der Waals surface area contributed by atoms with Crippen LogP contribution in [0.25, 0.3) is 0 Å². The van der Waals surface area contributed by atoms with E-state index in [9.17, 15) is 9.59 Å². The average molecular weight is 315 g/mol. The van der Waals surface area contributed by atoms with E-state index in [1.165, 1.54) is 11.8 Å². The van der Waals surface area contributed by atoms with E-state index in [4.69, 9.17) is 11.6 Å². The number of anilines is 1. The minimum atomic E-state index is -0.122. The zero-order valence-corrected chi connectivity index (χ0v) is 13.2. The Labute approximate surface area is 128 Å². The summed E-state index contributed by atoms with van der Waals surface area (Å²) in [6.07, 6.45) is 0.909. The Morgan fingerprint density at radius 1 is 1.25 bits per heavy atom. The first kappa shape index (κ1) is 16.9. The number of carbonyl (C=O) groups is 2. The summed E-state index contributed by atoms with van der Waals surface area (Å²) < 4.78 is 0. The molecule has 6 heteroatoms. The number of benzene rings is 1. The quantitative estimate of drug-likeness (QED) is 0.813. The predicted octanol–water partition coefficient (Wildman–Crippen LogP) is 2.85. The highest BCUT2D eigenvalue weighted by Gasteiger charge is 2.07. The number of rotatable bonds is 7. The lowest BCUT2D eigenvalue weighted by atomic mass is 10.2. The molecular formula is C14H19ClN2O2S. The molecule has 0 radical (unpaired) electrons. The number of hydrogen-bond donors (Lipinski definition) is 2. The van der Waals surface area contributed by atoms with Crippen LogP contribution >= 0.6 is 23.4 Å². The number of nitrogens with one attached hydrogen (secondary N) is 2. The maximum absolute atomic E-state index is 11.7. The summed E-state index contributed by atoms with van der Waals surface area (Å²) in [6, 6.07) is 5.30. The standard InChI is InChI=1S/C14H19ClN2O2S/c1-3-6-16-13(18)8-20-9-14(19)17-12-5-4-11(15)7-10(12)2/h4-5,7H,3,6,8-9H2,1-2H3,(H,16,18)(H,17,19). The van der Waals surface area contributed by atoms with E-state index in [2.05, 4.69) is 10.6 Å². The lowest BCUT2D eigenvalue weighted by Gasteiger charge is -2.08. The first-order chi connectivity index (χ1) is 9.52. The molecule has 1 rings (SSSR count). The molecule has 0 aliphatic carbocycles. The molecule has 20 heavy (non-hydrogen) atoms. The molecule has 1 aromatic carbocycles. The second-order valence-electron chi connectivity index (χ2n) is 4.35. The number of thioether (sulfide) groups is 1. The van der Waals surface area contributed by atoms with Gasteiger partial charge in [0.25, 0.3) is 0 Å². The molecule has 0 aromatic heterocycles. The van der Waals surface area contributed by atoms with Gasteiger partial charge in [-0.2, -0.15) is 0 Å². The number of hydrogen-bond acceptors (Lipinski definition) is 3. The van der Waals surface area contributed by atoms with Crippen LogP contribution in [0.1, 0.15) is 18.9 Å². The fourth-order valence-corrected chi connectivity index (χ4v) is 2.38. The molecule has 2 amide bonds. The highest BCUT2D eigenvalue weighted by Crippen LogP contribution is 2.19. The molecule has 0 unspecified atom stereocenters. The van der Waals surface area contributed by atoms with Gasteiger partial charge in [-0.15, -0.1) is 11.8 Å². The number of amides is 2. The van der Waals surface area contributed by atoms with Crippen LogP contribution in [0.15, 0.2) is 18.2 Å². The molecule has 0 spiro atoms. The molecule has 0 fully saturated rings. The normalized spacial score (nSPS) is 10.2. The van der Waals surface area contributed by atoms with Crippen molar-refractivity contribution >= 4 is 40.9 Å². The third-order valence-corrected chi connectivity index (χ3v) is 3.67. The van der Waals surface area contributed by atoms with E-state index < -0.39 is 0 Å². The van der Waals surface area contributed by atoms with Crippen molar-refractivity contribution < 1.29 is 9.59 Å². The summed E-state index contributed by atoms with van der Waals surface area (Å²) in [4.78, 5) is 23.1. The summed E-state index contributed by atoms with van der Waals surface area (Å²) in [5, 5.41) is 6.21. The topological polar surface area (TPSA) is 58.2 Å². The SMILES string of the molecule is CCCNC(=O)CSCC(=O)Nc1ccc(Cl)cc1C. The van der Waals surface area contributed by atoms with E-state index in [0.717, 1.165) is 17.7 Å². The summed E-state index contributed by atoms with van der Waals surface area (Å²) in [7, 11) is 0. The number of aryl methyl sites for hydroxylation is 1. The molecule has 0 atom stereocenters. The van der Waals surface area contributed by atoms with Crippen LogP contribution in [0, 0.1) is 6.92 Å². The first-order valence-electron chi connectivity index (χ1n) is 6.43. The van der Waals surface area contributed by atoms with Crippen LogP contribution in [-0.4, -0.2) is 29.9 Å². The van der Waals surface area contributed by atoms with E-state index in [1.807, 2.05) is 13.8 Å². The minimum absolute atomic E-state index is 0.0349. The van der Waals surface area contributed by atoms with E-state index in [1.54, 1.807) is 18.2 Å². The molecule has 4 nitrogen and oxygen atoms in total. The van der Waals surface area contributed by atoms with Gasteiger partial charge in [-0.3, -0.25) is 9.59 Å². The molecule has 0 heterocycles. The average Bonchev–Trinajstić information content (AvgIpc) is 2.39. The van der Waals surface area contributed by atoms with Crippen molar-refractivity contribution in [2.45, 2.75) is 20.3 Å². The molecule has 1 aromatic rings. The molecule has 0 bridgehead atoms. The Morgan fingerprint density at radius 3 is 2.60 bits per heavy atom. The Kier molecular flexibility index (Phi) is 7.47. The summed E-state index contributed by atoms with van der Waals surface area (Å²) in [5.41, 5.74) is 1.66. The molecule has 0 aliphatic heterocycles. The van der Waals surface area contributed by atoms with Crippen molar-refractivity contribution in [3.8, 4) is 0 Å². The minimum Gasteiger partial charge on any atom is -0.355 e. The van der Waals surface area contributed by atoms with Crippen molar-refractivity contribution in [1.29, 1.82) is 0 Å². The fourth-order valence-electron chi connectivity index (χ4n) is 1.51. The smallest absolute Gasteiger partial charge is 0.234 e. The first-order valence-corrected chi connectivity index (χ1v) is 7.96. The van der Waals surface area contributed by atoms with E-state index in [0.29, 0.717) is 17.3 Å². The maximum Gasteiger partial charge on any atom is 0.234 e. The van der Waals surface area contributed by atoms with Gasteiger partial charge in [-0.05, 0) is 37.1 Å². The number of carbonyl (C=O) groups excluding carboxylic acids is 2. The van der Waals surface area contributed by atoms with Gasteiger partial charge in [-0.25, -0.2) is 0 Å². The molecule has 0 aliphatic rings. The summed E-state index contributed by atoms with van der Waals surface area (Å²) in [5.74, 6) is 0.394. The van der Waals surface area contributed by atoms with Crippen LogP contribution in [0.2, 0.25) is 5.02 Å².